The van der Waals surface area contributed by atoms with Gasteiger partial charge in [0.2, 0.25) is 0 Å². The summed E-state index contributed by atoms with van der Waals surface area (Å²) in [6, 6.07) is 5.01. The van der Waals surface area contributed by atoms with E-state index < -0.39 is 5.82 Å². The lowest BCUT2D eigenvalue weighted by Crippen LogP contribution is -2.45. The molecule has 3 rings (SSSR count). The summed E-state index contributed by atoms with van der Waals surface area (Å²) in [6.45, 7) is 2.51. The molecule has 1 saturated heterocycles. The molecule has 2 fully saturated rings. The molecule has 0 bridgehead atoms. The van der Waals surface area contributed by atoms with Crippen molar-refractivity contribution in [3.8, 4) is 0 Å². The van der Waals surface area contributed by atoms with Crippen molar-refractivity contribution in [2.24, 2.45) is 5.92 Å². The van der Waals surface area contributed by atoms with E-state index in [1.807, 2.05) is 0 Å². The summed E-state index contributed by atoms with van der Waals surface area (Å²) < 4.78 is 14.5. The number of carbonyl (C=O) groups excluding carboxylic acids is 1. The number of halogens is 3. The van der Waals surface area contributed by atoms with Gasteiger partial charge in [-0.05, 0) is 56.3 Å². The third kappa shape index (κ3) is 4.43. The number of hydrogen-bond acceptors (Lipinski definition) is 2. The fraction of sp³-hybridized carbons (Fsp3) is 0.562. The summed E-state index contributed by atoms with van der Waals surface area (Å²) in [5, 5.41) is 3.58. The first-order valence-electron chi connectivity index (χ1n) is 7.61. The summed E-state index contributed by atoms with van der Waals surface area (Å²) in [5.74, 6) is 0.229. The quantitative estimate of drug-likeness (QED) is 0.850. The van der Waals surface area contributed by atoms with Crippen molar-refractivity contribution in [2.45, 2.75) is 31.7 Å². The molecule has 1 aliphatic carbocycles. The Morgan fingerprint density at radius 1 is 1.27 bits per heavy atom. The van der Waals surface area contributed by atoms with Crippen molar-refractivity contribution >= 4 is 34.2 Å². The van der Waals surface area contributed by atoms with E-state index in [1.165, 1.54) is 18.9 Å². The topological polar surface area (TPSA) is 32.3 Å². The highest BCUT2D eigenvalue weighted by atomic mass is 79.9. The maximum Gasteiger partial charge on any atom is 0.256 e. The summed E-state index contributed by atoms with van der Waals surface area (Å²) >= 11 is 3.29. The van der Waals surface area contributed by atoms with Crippen molar-refractivity contribution < 1.29 is 9.18 Å². The number of piperidine rings is 1. The first-order valence-corrected chi connectivity index (χ1v) is 8.40. The van der Waals surface area contributed by atoms with Crippen LogP contribution in [0.4, 0.5) is 4.39 Å². The molecule has 1 saturated carbocycles. The van der Waals surface area contributed by atoms with E-state index in [2.05, 4.69) is 21.2 Å². The highest BCUT2D eigenvalue weighted by Gasteiger charge is 2.27. The molecule has 0 atom stereocenters. The van der Waals surface area contributed by atoms with E-state index in [4.69, 9.17) is 0 Å². The number of carbonyl (C=O) groups is 1. The van der Waals surface area contributed by atoms with Crippen LogP contribution in [-0.4, -0.2) is 36.5 Å². The summed E-state index contributed by atoms with van der Waals surface area (Å²) in [5.41, 5.74) is 0.161. The van der Waals surface area contributed by atoms with Crippen LogP contribution in [0.1, 0.15) is 36.0 Å². The Morgan fingerprint density at radius 2 is 1.95 bits per heavy atom. The van der Waals surface area contributed by atoms with E-state index >= 15 is 0 Å². The van der Waals surface area contributed by atoms with Crippen molar-refractivity contribution in [1.29, 1.82) is 0 Å². The Balaban J connectivity index is 0.00000176. The molecule has 0 unspecified atom stereocenters. The van der Waals surface area contributed by atoms with Crippen LogP contribution in [0, 0.1) is 11.7 Å². The maximum absolute atomic E-state index is 13.8. The van der Waals surface area contributed by atoms with Gasteiger partial charge >= 0.3 is 0 Å². The van der Waals surface area contributed by atoms with Gasteiger partial charge in [0.05, 0.1) is 5.56 Å². The number of nitrogens with one attached hydrogen (secondary N) is 1. The van der Waals surface area contributed by atoms with E-state index in [0.717, 1.165) is 29.8 Å². The van der Waals surface area contributed by atoms with Gasteiger partial charge in [-0.15, -0.1) is 12.4 Å². The molecular formula is C16H21BrClFN2O. The second-order valence-corrected chi connectivity index (χ2v) is 6.96. The van der Waals surface area contributed by atoms with E-state index in [9.17, 15) is 9.18 Å². The van der Waals surface area contributed by atoms with Gasteiger partial charge < -0.3 is 10.2 Å². The normalized spacial score (nSPS) is 18.9. The zero-order valence-corrected chi connectivity index (χ0v) is 14.8. The van der Waals surface area contributed by atoms with Crippen LogP contribution in [0.15, 0.2) is 22.7 Å². The Labute approximate surface area is 145 Å². The zero-order chi connectivity index (χ0) is 14.8. The molecule has 1 aliphatic heterocycles. The molecule has 3 nitrogen and oxygen atoms in total. The molecule has 0 radical (unpaired) electrons. The highest BCUT2D eigenvalue weighted by Crippen LogP contribution is 2.28. The van der Waals surface area contributed by atoms with Gasteiger partial charge in [-0.2, -0.15) is 0 Å². The minimum Gasteiger partial charge on any atom is -0.338 e. The molecule has 6 heteroatoms. The van der Waals surface area contributed by atoms with Gasteiger partial charge in [0, 0.05) is 23.6 Å². The Kier molecular flexibility index (Phi) is 6.24. The number of benzene rings is 1. The molecule has 1 amide bonds. The molecule has 1 heterocycles. The molecule has 0 spiro atoms. The van der Waals surface area contributed by atoms with Gasteiger partial charge in [-0.1, -0.05) is 15.9 Å². The molecule has 22 heavy (non-hydrogen) atoms. The molecule has 122 valence electrons. The molecule has 1 N–H and O–H groups in total. The number of nitrogens with zero attached hydrogens (tertiary/aromatic N) is 1. The lowest BCUT2D eigenvalue weighted by Gasteiger charge is -2.32. The fourth-order valence-electron chi connectivity index (χ4n) is 2.77. The van der Waals surface area contributed by atoms with Crippen LogP contribution >= 0.6 is 28.3 Å². The third-order valence-corrected chi connectivity index (χ3v) is 4.83. The van der Waals surface area contributed by atoms with E-state index in [-0.39, 0.29) is 23.9 Å². The minimum absolute atomic E-state index is 0. The summed E-state index contributed by atoms with van der Waals surface area (Å²) in [6.07, 6.45) is 4.61. The Bertz CT molecular complexity index is 531. The van der Waals surface area contributed by atoms with Crippen molar-refractivity contribution in [1.82, 2.24) is 10.2 Å². The fourth-order valence-corrected chi connectivity index (χ4v) is 3.13. The first-order chi connectivity index (χ1) is 10.1. The van der Waals surface area contributed by atoms with Crippen LogP contribution in [0.3, 0.4) is 0 Å². The second-order valence-electron chi connectivity index (χ2n) is 6.04. The highest BCUT2D eigenvalue weighted by molar-refractivity contribution is 9.10. The molecular weight excluding hydrogens is 371 g/mol. The van der Waals surface area contributed by atoms with Gasteiger partial charge in [0.15, 0.2) is 0 Å². The van der Waals surface area contributed by atoms with Gasteiger partial charge in [0.25, 0.3) is 5.91 Å². The number of hydrogen-bond donors (Lipinski definition) is 1. The number of rotatable bonds is 4. The lowest BCUT2D eigenvalue weighted by molar-refractivity contribution is 0.0700. The van der Waals surface area contributed by atoms with E-state index in [0.29, 0.717) is 19.1 Å². The second kappa shape index (κ2) is 7.75. The Morgan fingerprint density at radius 3 is 2.59 bits per heavy atom. The summed E-state index contributed by atoms with van der Waals surface area (Å²) in [7, 11) is 0. The van der Waals surface area contributed by atoms with Crippen LogP contribution in [0.25, 0.3) is 0 Å². The van der Waals surface area contributed by atoms with Crippen LogP contribution < -0.4 is 5.32 Å². The number of amides is 1. The smallest absolute Gasteiger partial charge is 0.256 e. The van der Waals surface area contributed by atoms with Crippen molar-refractivity contribution in [3.05, 3.63) is 34.1 Å². The predicted molar refractivity (Wildman–Crippen MR) is 91.0 cm³/mol. The largest absolute Gasteiger partial charge is 0.338 e. The summed E-state index contributed by atoms with van der Waals surface area (Å²) in [4.78, 5) is 14.2. The van der Waals surface area contributed by atoms with Crippen molar-refractivity contribution in [3.63, 3.8) is 0 Å². The Hall–Kier alpha value is -0.650. The molecule has 1 aromatic carbocycles. The number of likely N-dealkylation sites (tertiary alicyclic amines) is 1. The first kappa shape index (κ1) is 17.7. The molecule has 0 aromatic heterocycles. The standard InChI is InChI=1S/C16H20BrFN2O.ClH/c17-12-3-4-15(18)14(9-12)16(21)20-7-5-13(6-8-20)19-10-11-1-2-11;/h3-4,9,11,13,19H,1-2,5-8,10H2;1H. The lowest BCUT2D eigenvalue weighted by atomic mass is 10.0. The van der Waals surface area contributed by atoms with E-state index in [1.54, 1.807) is 17.0 Å². The molecule has 1 aromatic rings. The third-order valence-electron chi connectivity index (χ3n) is 4.33. The SMILES string of the molecule is Cl.O=C(c1cc(Br)ccc1F)N1CCC(NCC2CC2)CC1. The van der Waals surface area contributed by atoms with Gasteiger partial charge in [0.1, 0.15) is 5.82 Å². The minimum atomic E-state index is -0.447. The predicted octanol–water partition coefficient (Wildman–Crippen LogP) is 3.61. The van der Waals surface area contributed by atoms with Crippen LogP contribution in [0.2, 0.25) is 0 Å². The molecule has 2 aliphatic rings. The average molecular weight is 392 g/mol. The van der Waals surface area contributed by atoms with Crippen LogP contribution in [-0.2, 0) is 0 Å². The van der Waals surface area contributed by atoms with Crippen LogP contribution in [0.5, 0.6) is 0 Å². The van der Waals surface area contributed by atoms with Crippen molar-refractivity contribution in [2.75, 3.05) is 19.6 Å². The zero-order valence-electron chi connectivity index (χ0n) is 12.4. The maximum atomic E-state index is 13.8. The van der Waals surface area contributed by atoms with Gasteiger partial charge in [-0.25, -0.2) is 4.39 Å². The van der Waals surface area contributed by atoms with Gasteiger partial charge in [-0.3, -0.25) is 4.79 Å². The average Bonchev–Trinajstić information content (AvgIpc) is 3.32. The monoisotopic (exact) mass is 390 g/mol.